The molecule has 2 nitrogen and oxygen atoms in total. The molecule has 2 saturated heterocycles. The van der Waals surface area contributed by atoms with E-state index in [0.717, 1.165) is 25.3 Å². The second kappa shape index (κ2) is 2.84. The number of hydrogen-bond donors (Lipinski definition) is 0. The van der Waals surface area contributed by atoms with E-state index in [1.54, 1.807) is 6.92 Å². The first-order chi connectivity index (χ1) is 7.22. The fraction of sp³-hybridized carbons (Fsp3) is 0.462. The molecule has 1 aromatic carbocycles. The predicted octanol–water partition coefficient (Wildman–Crippen LogP) is 2.15. The van der Waals surface area contributed by atoms with Gasteiger partial charge in [0.25, 0.3) is 0 Å². The number of fused-ring (bicyclic) bond motifs is 1. The van der Waals surface area contributed by atoms with Crippen molar-refractivity contribution in [3.63, 3.8) is 0 Å². The molecule has 0 radical (unpaired) electrons. The van der Waals surface area contributed by atoms with Crippen LogP contribution in [0.1, 0.15) is 25.3 Å². The van der Waals surface area contributed by atoms with Gasteiger partial charge in [0.05, 0.1) is 5.54 Å². The average Bonchev–Trinajstić information content (AvgIpc) is 2.73. The summed E-state index contributed by atoms with van der Waals surface area (Å²) in [6.07, 6.45) is 2.33. The topological polar surface area (TPSA) is 20.3 Å². The maximum atomic E-state index is 11.6. The zero-order valence-corrected chi connectivity index (χ0v) is 8.94. The molecule has 4 rings (SSSR count). The summed E-state index contributed by atoms with van der Waals surface area (Å²) in [5.41, 5.74) is 1.37. The summed E-state index contributed by atoms with van der Waals surface area (Å²) >= 11 is 0. The molecule has 78 valence electrons. The molecule has 3 aliphatic rings. The lowest BCUT2D eigenvalue weighted by Crippen LogP contribution is -2.44. The summed E-state index contributed by atoms with van der Waals surface area (Å²) in [5.74, 6) is 0.966. The van der Waals surface area contributed by atoms with Crippen LogP contribution in [-0.4, -0.2) is 17.4 Å². The maximum absolute atomic E-state index is 11.6. The highest BCUT2D eigenvalue weighted by Crippen LogP contribution is 2.56. The Morgan fingerprint density at radius 2 is 2.00 bits per heavy atom. The number of rotatable bonds is 1. The van der Waals surface area contributed by atoms with Gasteiger partial charge in [-0.25, -0.2) is 0 Å². The van der Waals surface area contributed by atoms with Crippen molar-refractivity contribution in [2.45, 2.75) is 25.3 Å². The van der Waals surface area contributed by atoms with E-state index in [4.69, 9.17) is 0 Å². The smallest absolute Gasteiger partial charge is 0.220 e. The van der Waals surface area contributed by atoms with Crippen molar-refractivity contribution in [2.24, 2.45) is 5.92 Å². The molecule has 1 saturated carbocycles. The van der Waals surface area contributed by atoms with Gasteiger partial charge in [-0.15, -0.1) is 0 Å². The molecule has 1 aliphatic carbocycles. The van der Waals surface area contributed by atoms with E-state index >= 15 is 0 Å². The Morgan fingerprint density at radius 3 is 2.60 bits per heavy atom. The lowest BCUT2D eigenvalue weighted by Gasteiger charge is -2.42. The summed E-state index contributed by atoms with van der Waals surface area (Å²) < 4.78 is 0. The maximum Gasteiger partial charge on any atom is 0.220 e. The minimum absolute atomic E-state index is 0.0533. The van der Waals surface area contributed by atoms with E-state index in [2.05, 4.69) is 29.2 Å². The molecule has 2 bridgehead atoms. The second-order valence-electron chi connectivity index (χ2n) is 4.80. The highest BCUT2D eigenvalue weighted by Gasteiger charge is 2.57. The van der Waals surface area contributed by atoms with Gasteiger partial charge in [-0.2, -0.15) is 0 Å². The molecule has 1 amide bonds. The zero-order chi connectivity index (χ0) is 10.5. The van der Waals surface area contributed by atoms with Crippen LogP contribution in [0.4, 0.5) is 0 Å². The fourth-order valence-electron chi connectivity index (χ4n) is 3.25. The van der Waals surface area contributed by atoms with Crippen molar-refractivity contribution in [1.29, 1.82) is 0 Å². The lowest BCUT2D eigenvalue weighted by atomic mass is 9.69. The van der Waals surface area contributed by atoms with Gasteiger partial charge in [0.2, 0.25) is 5.91 Å². The Balaban J connectivity index is 2.01. The van der Waals surface area contributed by atoms with E-state index in [1.807, 2.05) is 6.07 Å². The van der Waals surface area contributed by atoms with E-state index in [1.165, 1.54) is 5.56 Å². The average molecular weight is 201 g/mol. The van der Waals surface area contributed by atoms with Crippen LogP contribution >= 0.6 is 0 Å². The molecule has 15 heavy (non-hydrogen) atoms. The quantitative estimate of drug-likeness (QED) is 0.681. The molecular formula is C13H15NO. The van der Waals surface area contributed by atoms with Crippen LogP contribution in [0.3, 0.4) is 0 Å². The molecule has 0 atom stereocenters. The first kappa shape index (κ1) is 8.96. The molecule has 2 heterocycles. The third-order valence-electron chi connectivity index (χ3n) is 3.90. The van der Waals surface area contributed by atoms with Crippen molar-refractivity contribution in [3.8, 4) is 0 Å². The van der Waals surface area contributed by atoms with Crippen LogP contribution < -0.4 is 0 Å². The van der Waals surface area contributed by atoms with Crippen molar-refractivity contribution >= 4 is 5.91 Å². The molecule has 2 heteroatoms. The third kappa shape index (κ3) is 1.08. The van der Waals surface area contributed by atoms with Crippen LogP contribution in [0.5, 0.6) is 0 Å². The minimum atomic E-state index is 0.0533. The molecular weight excluding hydrogens is 186 g/mol. The van der Waals surface area contributed by atoms with Gasteiger partial charge in [0.15, 0.2) is 0 Å². The van der Waals surface area contributed by atoms with Gasteiger partial charge >= 0.3 is 0 Å². The van der Waals surface area contributed by atoms with Gasteiger partial charge in [0.1, 0.15) is 0 Å². The summed E-state index contributed by atoms with van der Waals surface area (Å²) in [6, 6.07) is 10.5. The Kier molecular flexibility index (Phi) is 1.70. The van der Waals surface area contributed by atoms with Crippen molar-refractivity contribution in [1.82, 2.24) is 4.90 Å². The van der Waals surface area contributed by atoms with E-state index in [-0.39, 0.29) is 11.4 Å². The first-order valence-electron chi connectivity index (χ1n) is 5.56. The highest BCUT2D eigenvalue weighted by atomic mass is 16.2. The van der Waals surface area contributed by atoms with Crippen LogP contribution in [0.2, 0.25) is 0 Å². The molecule has 0 unspecified atom stereocenters. The highest BCUT2D eigenvalue weighted by molar-refractivity contribution is 5.75. The number of benzene rings is 1. The molecule has 1 aromatic rings. The molecule has 0 aromatic heterocycles. The Labute approximate surface area is 89.9 Å². The third-order valence-corrected chi connectivity index (χ3v) is 3.90. The molecule has 2 aliphatic heterocycles. The Hall–Kier alpha value is -1.31. The second-order valence-corrected chi connectivity index (χ2v) is 4.80. The number of carbonyl (C=O) groups excluding carboxylic acids is 1. The normalized spacial score (nSPS) is 32.6. The Morgan fingerprint density at radius 1 is 1.33 bits per heavy atom. The van der Waals surface area contributed by atoms with Crippen molar-refractivity contribution < 1.29 is 4.79 Å². The van der Waals surface area contributed by atoms with Crippen molar-refractivity contribution in [3.05, 3.63) is 35.9 Å². The number of carbonyl (C=O) groups is 1. The van der Waals surface area contributed by atoms with Crippen LogP contribution in [0, 0.1) is 5.92 Å². The number of hydrogen-bond acceptors (Lipinski definition) is 1. The van der Waals surface area contributed by atoms with E-state index in [0.29, 0.717) is 0 Å². The van der Waals surface area contributed by atoms with Gasteiger partial charge in [-0.1, -0.05) is 30.3 Å². The summed E-state index contributed by atoms with van der Waals surface area (Å²) in [6.45, 7) is 2.65. The zero-order valence-electron chi connectivity index (χ0n) is 8.94. The SMILES string of the molecule is CC(=O)N1CC2CC1(c1ccccc1)C2. The van der Waals surface area contributed by atoms with Crippen LogP contribution in [0.15, 0.2) is 30.3 Å². The fourth-order valence-corrected chi connectivity index (χ4v) is 3.25. The number of amides is 1. The van der Waals surface area contributed by atoms with Crippen LogP contribution in [-0.2, 0) is 10.3 Å². The predicted molar refractivity (Wildman–Crippen MR) is 58.2 cm³/mol. The number of nitrogens with zero attached hydrogens (tertiary/aromatic N) is 1. The van der Waals surface area contributed by atoms with Gasteiger partial charge < -0.3 is 4.90 Å². The standard InChI is InChI=1S/C13H15NO/c1-10(15)14-9-11-7-13(14,8-11)12-5-3-2-4-6-12/h2-6,11H,7-9H2,1H3. The van der Waals surface area contributed by atoms with E-state index in [9.17, 15) is 4.79 Å². The summed E-state index contributed by atoms with van der Waals surface area (Å²) in [7, 11) is 0. The lowest BCUT2D eigenvalue weighted by molar-refractivity contribution is -0.132. The van der Waals surface area contributed by atoms with Crippen molar-refractivity contribution in [2.75, 3.05) is 6.54 Å². The largest absolute Gasteiger partial charge is 0.333 e. The summed E-state index contributed by atoms with van der Waals surface area (Å²) in [4.78, 5) is 13.7. The molecule has 0 spiro atoms. The van der Waals surface area contributed by atoms with E-state index < -0.39 is 0 Å². The summed E-state index contributed by atoms with van der Waals surface area (Å²) in [5, 5.41) is 0. The molecule has 0 N–H and O–H groups in total. The Bertz CT molecular complexity index is 392. The minimum Gasteiger partial charge on any atom is -0.333 e. The van der Waals surface area contributed by atoms with Gasteiger partial charge in [0, 0.05) is 13.5 Å². The first-order valence-corrected chi connectivity index (χ1v) is 5.56. The van der Waals surface area contributed by atoms with Gasteiger partial charge in [-0.05, 0) is 24.3 Å². The molecule has 3 fully saturated rings. The van der Waals surface area contributed by atoms with Crippen LogP contribution in [0.25, 0.3) is 0 Å². The van der Waals surface area contributed by atoms with Gasteiger partial charge in [-0.3, -0.25) is 4.79 Å². The monoisotopic (exact) mass is 201 g/mol.